The van der Waals surface area contributed by atoms with Gasteiger partial charge in [-0.15, -0.1) is 0 Å². The second-order valence-corrected chi connectivity index (χ2v) is 8.15. The van der Waals surface area contributed by atoms with E-state index in [1.54, 1.807) is 53.3 Å². The van der Waals surface area contributed by atoms with Crippen LogP contribution in [0, 0.1) is 5.92 Å². The molecule has 0 spiro atoms. The molecule has 8 nitrogen and oxygen atoms in total. The van der Waals surface area contributed by atoms with Gasteiger partial charge in [-0.25, -0.2) is 0 Å². The number of rotatable bonds is 6. The topological polar surface area (TPSA) is 88.2 Å². The zero-order valence-electron chi connectivity index (χ0n) is 17.9. The number of amides is 3. The van der Waals surface area contributed by atoms with Crippen LogP contribution in [0.1, 0.15) is 19.3 Å². The molecule has 2 heterocycles. The summed E-state index contributed by atoms with van der Waals surface area (Å²) in [7, 11) is 3.07. The smallest absolute Gasteiger partial charge is 0.229 e. The number of ether oxygens (including phenoxy) is 2. The number of anilines is 3. The van der Waals surface area contributed by atoms with E-state index in [-0.39, 0.29) is 30.7 Å². The van der Waals surface area contributed by atoms with Crippen LogP contribution in [-0.2, 0) is 14.4 Å². The Labute approximate surface area is 191 Å². The van der Waals surface area contributed by atoms with Crippen LogP contribution in [0.5, 0.6) is 11.5 Å². The molecule has 4 rings (SSSR count). The molecule has 9 heteroatoms. The molecule has 1 unspecified atom stereocenters. The molecule has 2 aliphatic rings. The fraction of sp³-hybridized carbons (Fsp3) is 0.348. The summed E-state index contributed by atoms with van der Waals surface area (Å²) in [6, 6.07) is 10.3. The third-order valence-corrected chi connectivity index (χ3v) is 6.06. The lowest BCUT2D eigenvalue weighted by molar-refractivity contribution is -0.122. The lowest BCUT2D eigenvalue weighted by Crippen LogP contribution is -2.28. The van der Waals surface area contributed by atoms with Crippen LogP contribution >= 0.6 is 11.6 Å². The standard InChI is InChI=1S/C23H24ClN3O5/c1-31-16-6-8-19(20(12-16)32-2)27-13-14(10-22(27)29)23(30)25-15-5-7-18(17(24)11-15)26-9-3-4-21(26)28/h5-8,11-12,14H,3-4,9-10,13H2,1-2H3,(H,25,30). The summed E-state index contributed by atoms with van der Waals surface area (Å²) in [5.41, 5.74) is 1.75. The minimum Gasteiger partial charge on any atom is -0.497 e. The maximum absolute atomic E-state index is 12.8. The Morgan fingerprint density at radius 2 is 1.81 bits per heavy atom. The first kappa shape index (κ1) is 22.0. The van der Waals surface area contributed by atoms with E-state index < -0.39 is 5.92 Å². The highest BCUT2D eigenvalue weighted by Gasteiger charge is 2.36. The molecule has 2 aliphatic heterocycles. The lowest BCUT2D eigenvalue weighted by Gasteiger charge is -2.20. The van der Waals surface area contributed by atoms with Crippen molar-refractivity contribution in [2.24, 2.45) is 5.92 Å². The summed E-state index contributed by atoms with van der Waals surface area (Å²) in [4.78, 5) is 40.7. The van der Waals surface area contributed by atoms with E-state index in [9.17, 15) is 14.4 Å². The number of benzene rings is 2. The minimum absolute atomic E-state index is 0.0437. The van der Waals surface area contributed by atoms with Gasteiger partial charge in [0.05, 0.1) is 36.5 Å². The summed E-state index contributed by atoms with van der Waals surface area (Å²) >= 11 is 6.37. The third kappa shape index (κ3) is 4.23. The van der Waals surface area contributed by atoms with E-state index in [1.807, 2.05) is 0 Å². The van der Waals surface area contributed by atoms with Crippen molar-refractivity contribution in [1.29, 1.82) is 0 Å². The molecular weight excluding hydrogens is 434 g/mol. The quantitative estimate of drug-likeness (QED) is 0.717. The number of carbonyl (C=O) groups excluding carboxylic acids is 3. The van der Waals surface area contributed by atoms with E-state index >= 15 is 0 Å². The Morgan fingerprint density at radius 3 is 2.47 bits per heavy atom. The molecule has 0 radical (unpaired) electrons. The fourth-order valence-corrected chi connectivity index (χ4v) is 4.36. The van der Waals surface area contributed by atoms with Gasteiger partial charge in [-0.05, 0) is 36.8 Å². The van der Waals surface area contributed by atoms with Gasteiger partial charge in [0, 0.05) is 37.7 Å². The first-order valence-corrected chi connectivity index (χ1v) is 10.7. The molecule has 1 atom stereocenters. The fourth-order valence-electron chi connectivity index (χ4n) is 4.07. The number of hydrogen-bond donors (Lipinski definition) is 1. The largest absolute Gasteiger partial charge is 0.497 e. The number of nitrogens with one attached hydrogen (secondary N) is 1. The highest BCUT2D eigenvalue weighted by Crippen LogP contribution is 2.36. The van der Waals surface area contributed by atoms with Gasteiger partial charge in [0.1, 0.15) is 11.5 Å². The highest BCUT2D eigenvalue weighted by atomic mass is 35.5. The number of hydrogen-bond acceptors (Lipinski definition) is 5. The molecule has 2 aromatic rings. The maximum atomic E-state index is 12.8. The van der Waals surface area contributed by atoms with E-state index in [0.29, 0.717) is 46.5 Å². The highest BCUT2D eigenvalue weighted by molar-refractivity contribution is 6.34. The Kier molecular flexibility index (Phi) is 6.23. The predicted molar refractivity (Wildman–Crippen MR) is 122 cm³/mol. The average Bonchev–Trinajstić information content (AvgIpc) is 3.39. The van der Waals surface area contributed by atoms with Crippen LogP contribution in [0.4, 0.5) is 17.1 Å². The second-order valence-electron chi connectivity index (χ2n) is 7.75. The van der Waals surface area contributed by atoms with Gasteiger partial charge in [-0.2, -0.15) is 0 Å². The SMILES string of the molecule is COc1ccc(N2CC(C(=O)Nc3ccc(N4CCCC4=O)c(Cl)c3)CC2=O)c(OC)c1. The summed E-state index contributed by atoms with van der Waals surface area (Å²) in [5, 5.41) is 3.23. The molecular formula is C23H24ClN3O5. The Morgan fingerprint density at radius 1 is 1.03 bits per heavy atom. The normalized spacial score (nSPS) is 18.3. The molecule has 2 fully saturated rings. The summed E-state index contributed by atoms with van der Waals surface area (Å²) < 4.78 is 10.6. The van der Waals surface area contributed by atoms with Gasteiger partial charge >= 0.3 is 0 Å². The molecule has 2 aromatic carbocycles. The van der Waals surface area contributed by atoms with Crippen molar-refractivity contribution in [3.05, 3.63) is 41.4 Å². The van der Waals surface area contributed by atoms with Crippen molar-refractivity contribution >= 4 is 46.4 Å². The number of halogens is 1. The van der Waals surface area contributed by atoms with Crippen LogP contribution < -0.4 is 24.6 Å². The van der Waals surface area contributed by atoms with Crippen LogP contribution in [-0.4, -0.2) is 45.0 Å². The molecule has 168 valence electrons. The average molecular weight is 458 g/mol. The lowest BCUT2D eigenvalue weighted by atomic mass is 10.1. The molecule has 0 aliphatic carbocycles. The first-order chi connectivity index (χ1) is 15.4. The van der Waals surface area contributed by atoms with Gasteiger partial charge < -0.3 is 24.6 Å². The zero-order chi connectivity index (χ0) is 22.8. The predicted octanol–water partition coefficient (Wildman–Crippen LogP) is 3.48. The van der Waals surface area contributed by atoms with Gasteiger partial charge in [0.25, 0.3) is 0 Å². The van der Waals surface area contributed by atoms with E-state index in [0.717, 1.165) is 6.42 Å². The van der Waals surface area contributed by atoms with Gasteiger partial charge in [0.15, 0.2) is 0 Å². The van der Waals surface area contributed by atoms with Crippen molar-refractivity contribution in [2.45, 2.75) is 19.3 Å². The van der Waals surface area contributed by atoms with Crippen molar-refractivity contribution in [2.75, 3.05) is 42.4 Å². The van der Waals surface area contributed by atoms with Gasteiger partial charge in [0.2, 0.25) is 17.7 Å². The molecule has 2 saturated heterocycles. The Hall–Kier alpha value is -3.26. The zero-order valence-corrected chi connectivity index (χ0v) is 18.6. The van der Waals surface area contributed by atoms with Crippen molar-refractivity contribution in [3.63, 3.8) is 0 Å². The molecule has 0 aromatic heterocycles. The van der Waals surface area contributed by atoms with Crippen molar-refractivity contribution < 1.29 is 23.9 Å². The number of nitrogens with zero attached hydrogens (tertiary/aromatic N) is 2. The van der Waals surface area contributed by atoms with Crippen LogP contribution in [0.15, 0.2) is 36.4 Å². The van der Waals surface area contributed by atoms with E-state index in [2.05, 4.69) is 5.32 Å². The molecule has 1 N–H and O–H groups in total. The first-order valence-electron chi connectivity index (χ1n) is 10.3. The molecule has 3 amide bonds. The minimum atomic E-state index is -0.520. The van der Waals surface area contributed by atoms with Crippen molar-refractivity contribution in [3.8, 4) is 11.5 Å². The van der Waals surface area contributed by atoms with E-state index in [4.69, 9.17) is 21.1 Å². The van der Waals surface area contributed by atoms with Gasteiger partial charge in [-0.3, -0.25) is 14.4 Å². The van der Waals surface area contributed by atoms with Crippen LogP contribution in [0.25, 0.3) is 0 Å². The second kappa shape index (κ2) is 9.08. The van der Waals surface area contributed by atoms with Crippen molar-refractivity contribution in [1.82, 2.24) is 0 Å². The van der Waals surface area contributed by atoms with Gasteiger partial charge in [-0.1, -0.05) is 11.6 Å². The van der Waals surface area contributed by atoms with Crippen LogP contribution in [0.2, 0.25) is 5.02 Å². The Balaban J connectivity index is 1.45. The number of carbonyl (C=O) groups is 3. The maximum Gasteiger partial charge on any atom is 0.229 e. The Bertz CT molecular complexity index is 1070. The van der Waals surface area contributed by atoms with Crippen LogP contribution in [0.3, 0.4) is 0 Å². The summed E-state index contributed by atoms with van der Waals surface area (Å²) in [5.74, 6) is 0.208. The summed E-state index contributed by atoms with van der Waals surface area (Å²) in [6.07, 6.45) is 1.41. The summed E-state index contributed by atoms with van der Waals surface area (Å²) in [6.45, 7) is 0.876. The third-order valence-electron chi connectivity index (χ3n) is 5.75. The monoisotopic (exact) mass is 457 g/mol. The molecule has 0 saturated carbocycles. The molecule has 0 bridgehead atoms. The number of methoxy groups -OCH3 is 2. The molecule has 32 heavy (non-hydrogen) atoms. The van der Waals surface area contributed by atoms with E-state index in [1.165, 1.54) is 7.11 Å².